The zero-order valence-electron chi connectivity index (χ0n) is 6.33. The van der Waals surface area contributed by atoms with Crippen LogP contribution in [0, 0.1) is 6.92 Å². The molecular formula is C8H9N3. The van der Waals surface area contributed by atoms with Gasteiger partial charge in [-0.2, -0.15) is 0 Å². The van der Waals surface area contributed by atoms with Crippen LogP contribution in [0.5, 0.6) is 0 Å². The van der Waals surface area contributed by atoms with Gasteiger partial charge in [-0.25, -0.2) is 0 Å². The fourth-order valence-corrected chi connectivity index (χ4v) is 1.15. The highest BCUT2D eigenvalue weighted by Crippen LogP contribution is 2.28. The van der Waals surface area contributed by atoms with E-state index in [2.05, 4.69) is 15.3 Å². The van der Waals surface area contributed by atoms with Crippen molar-refractivity contribution in [3.63, 3.8) is 0 Å². The van der Waals surface area contributed by atoms with Gasteiger partial charge >= 0.3 is 0 Å². The maximum atomic E-state index is 4.27. The van der Waals surface area contributed by atoms with Crippen molar-refractivity contribution in [2.75, 3.05) is 11.9 Å². The molecule has 0 spiro atoms. The van der Waals surface area contributed by atoms with Crippen LogP contribution in [0.2, 0.25) is 0 Å². The number of aryl methyl sites for hydroxylation is 1. The number of fused-ring (bicyclic) bond motifs is 1. The number of aliphatic imine (C=N–C) groups is 1. The van der Waals surface area contributed by atoms with Gasteiger partial charge in [-0.1, -0.05) is 0 Å². The Hall–Kier alpha value is -1.38. The van der Waals surface area contributed by atoms with E-state index in [4.69, 9.17) is 0 Å². The number of nitrogens with one attached hydrogen (secondary N) is 1. The molecule has 1 aromatic rings. The third-order valence-corrected chi connectivity index (χ3v) is 1.70. The van der Waals surface area contributed by atoms with E-state index in [9.17, 15) is 0 Å². The van der Waals surface area contributed by atoms with Crippen molar-refractivity contribution < 1.29 is 0 Å². The minimum absolute atomic E-state index is 0.804. The molecule has 3 heteroatoms. The van der Waals surface area contributed by atoms with E-state index in [0.717, 1.165) is 23.5 Å². The molecule has 0 fully saturated rings. The van der Waals surface area contributed by atoms with Crippen molar-refractivity contribution >= 4 is 17.6 Å². The average molecular weight is 147 g/mol. The van der Waals surface area contributed by atoms with Crippen LogP contribution in [0.15, 0.2) is 17.4 Å². The molecule has 1 aromatic heterocycles. The van der Waals surface area contributed by atoms with E-state index in [1.54, 1.807) is 6.20 Å². The van der Waals surface area contributed by atoms with Crippen LogP contribution in [0.1, 0.15) is 5.56 Å². The maximum Gasteiger partial charge on any atom is 0.0918 e. The van der Waals surface area contributed by atoms with E-state index >= 15 is 0 Å². The minimum atomic E-state index is 0.804. The summed E-state index contributed by atoms with van der Waals surface area (Å²) in [6.07, 6.45) is 5.50. The average Bonchev–Trinajstić information content (AvgIpc) is 2.06. The molecule has 1 N–H and O–H groups in total. The lowest BCUT2D eigenvalue weighted by atomic mass is 10.2. The molecule has 56 valence electrons. The second kappa shape index (κ2) is 2.34. The van der Waals surface area contributed by atoms with E-state index in [0.29, 0.717) is 0 Å². The first-order valence-corrected chi connectivity index (χ1v) is 3.59. The zero-order chi connectivity index (χ0) is 7.68. The monoisotopic (exact) mass is 147 g/mol. The highest BCUT2D eigenvalue weighted by atomic mass is 15.0. The highest BCUT2D eigenvalue weighted by molar-refractivity contribution is 5.81. The molecule has 11 heavy (non-hydrogen) atoms. The molecule has 0 saturated carbocycles. The summed E-state index contributed by atoms with van der Waals surface area (Å²) in [4.78, 5) is 8.33. The molecule has 0 saturated heterocycles. The van der Waals surface area contributed by atoms with Crippen molar-refractivity contribution in [2.24, 2.45) is 4.99 Å². The smallest absolute Gasteiger partial charge is 0.0918 e. The lowest BCUT2D eigenvalue weighted by Crippen LogP contribution is -2.07. The van der Waals surface area contributed by atoms with Crippen molar-refractivity contribution in [1.82, 2.24) is 4.98 Å². The van der Waals surface area contributed by atoms with Crippen LogP contribution < -0.4 is 5.32 Å². The normalized spacial score (nSPS) is 13.9. The standard InChI is InChI=1S/C8H9N3/c1-6-4-9-5-7-8(6)11-3-2-10-7/h3-5,10H,2H2,1H3. The molecule has 2 rings (SSSR count). The van der Waals surface area contributed by atoms with E-state index in [1.165, 1.54) is 0 Å². The number of anilines is 1. The van der Waals surface area contributed by atoms with Gasteiger partial charge in [0.2, 0.25) is 0 Å². The number of nitrogens with zero attached hydrogens (tertiary/aromatic N) is 2. The molecule has 0 amide bonds. The second-order valence-electron chi connectivity index (χ2n) is 2.55. The number of pyridine rings is 1. The van der Waals surface area contributed by atoms with E-state index < -0.39 is 0 Å². The molecule has 0 atom stereocenters. The topological polar surface area (TPSA) is 37.3 Å². The van der Waals surface area contributed by atoms with Gasteiger partial charge in [0.25, 0.3) is 0 Å². The van der Waals surface area contributed by atoms with Crippen molar-refractivity contribution in [3.8, 4) is 0 Å². The van der Waals surface area contributed by atoms with Gasteiger partial charge in [0.05, 0.1) is 24.1 Å². The summed E-state index contributed by atoms with van der Waals surface area (Å²) in [6, 6.07) is 0. The van der Waals surface area contributed by atoms with Crippen LogP contribution >= 0.6 is 0 Å². The Labute approximate surface area is 65.2 Å². The fraction of sp³-hybridized carbons (Fsp3) is 0.250. The summed E-state index contributed by atoms with van der Waals surface area (Å²) in [5, 5.41) is 3.19. The summed E-state index contributed by atoms with van der Waals surface area (Å²) < 4.78 is 0. The molecule has 2 heterocycles. The molecule has 0 aromatic carbocycles. The minimum Gasteiger partial charge on any atom is -0.377 e. The van der Waals surface area contributed by atoms with E-state index in [-0.39, 0.29) is 0 Å². The Kier molecular flexibility index (Phi) is 1.35. The van der Waals surface area contributed by atoms with Crippen molar-refractivity contribution in [2.45, 2.75) is 6.92 Å². The molecule has 1 aliphatic rings. The largest absolute Gasteiger partial charge is 0.377 e. The molecule has 0 bridgehead atoms. The quantitative estimate of drug-likeness (QED) is 0.604. The SMILES string of the molecule is Cc1cncc2c1N=CCN2. The fourth-order valence-electron chi connectivity index (χ4n) is 1.15. The van der Waals surface area contributed by atoms with Crippen LogP contribution in [0.3, 0.4) is 0 Å². The molecule has 1 aliphatic heterocycles. The molecule has 0 radical (unpaired) electrons. The predicted molar refractivity (Wildman–Crippen MR) is 45.6 cm³/mol. The van der Waals surface area contributed by atoms with Crippen LogP contribution in [0.4, 0.5) is 11.4 Å². The molecular weight excluding hydrogens is 138 g/mol. The Morgan fingerprint density at radius 2 is 2.36 bits per heavy atom. The van der Waals surface area contributed by atoms with Gasteiger partial charge in [0.1, 0.15) is 0 Å². The van der Waals surface area contributed by atoms with Gasteiger partial charge in [0, 0.05) is 12.4 Å². The highest BCUT2D eigenvalue weighted by Gasteiger charge is 2.06. The van der Waals surface area contributed by atoms with Gasteiger partial charge in [0.15, 0.2) is 0 Å². The van der Waals surface area contributed by atoms with Crippen LogP contribution in [0.25, 0.3) is 0 Å². The Morgan fingerprint density at radius 1 is 1.45 bits per heavy atom. The van der Waals surface area contributed by atoms with Crippen LogP contribution in [-0.2, 0) is 0 Å². The maximum absolute atomic E-state index is 4.27. The molecule has 0 unspecified atom stereocenters. The first-order chi connectivity index (χ1) is 5.38. The third-order valence-electron chi connectivity index (χ3n) is 1.70. The van der Waals surface area contributed by atoms with Gasteiger partial charge < -0.3 is 5.32 Å². The number of rotatable bonds is 0. The zero-order valence-corrected chi connectivity index (χ0v) is 6.33. The summed E-state index contributed by atoms with van der Waals surface area (Å²) in [6.45, 7) is 2.81. The predicted octanol–water partition coefficient (Wildman–Crippen LogP) is 1.52. The summed E-state index contributed by atoms with van der Waals surface area (Å²) in [5.74, 6) is 0. The Bertz CT molecular complexity index is 304. The Balaban J connectivity index is 2.60. The summed E-state index contributed by atoms with van der Waals surface area (Å²) in [7, 11) is 0. The van der Waals surface area contributed by atoms with Gasteiger partial charge in [-0.05, 0) is 12.5 Å². The van der Waals surface area contributed by atoms with Gasteiger partial charge in [-0.15, -0.1) is 0 Å². The molecule has 3 nitrogen and oxygen atoms in total. The lowest BCUT2D eigenvalue weighted by molar-refractivity contribution is 1.21. The van der Waals surface area contributed by atoms with Crippen LogP contribution in [-0.4, -0.2) is 17.7 Å². The molecule has 0 aliphatic carbocycles. The Morgan fingerprint density at radius 3 is 3.18 bits per heavy atom. The van der Waals surface area contributed by atoms with Crippen molar-refractivity contribution in [1.29, 1.82) is 0 Å². The van der Waals surface area contributed by atoms with Gasteiger partial charge in [-0.3, -0.25) is 9.98 Å². The summed E-state index contributed by atoms with van der Waals surface area (Å²) in [5.41, 5.74) is 3.17. The van der Waals surface area contributed by atoms with E-state index in [1.807, 2.05) is 19.3 Å². The van der Waals surface area contributed by atoms with Crippen molar-refractivity contribution in [3.05, 3.63) is 18.0 Å². The first-order valence-electron chi connectivity index (χ1n) is 3.59. The third kappa shape index (κ3) is 0.981. The first kappa shape index (κ1) is 6.34. The lowest BCUT2D eigenvalue weighted by Gasteiger charge is -2.12. The number of hydrogen-bond donors (Lipinski definition) is 1. The number of aromatic nitrogens is 1. The summed E-state index contributed by atoms with van der Waals surface area (Å²) >= 11 is 0. The number of hydrogen-bond acceptors (Lipinski definition) is 3. The second-order valence-corrected chi connectivity index (χ2v) is 2.55.